The number of carbonyl (C=O) groups is 1. The van der Waals surface area contributed by atoms with Crippen molar-refractivity contribution in [3.8, 4) is 0 Å². The van der Waals surface area contributed by atoms with E-state index >= 15 is 0 Å². The van der Waals surface area contributed by atoms with Gasteiger partial charge in [0, 0.05) is 5.02 Å². The van der Waals surface area contributed by atoms with E-state index in [9.17, 15) is 4.79 Å². The lowest BCUT2D eigenvalue weighted by molar-refractivity contribution is 0.163. The van der Waals surface area contributed by atoms with Gasteiger partial charge in [-0.15, -0.1) is 11.3 Å². The fourth-order valence-electron chi connectivity index (χ4n) is 1.52. The van der Waals surface area contributed by atoms with Crippen LogP contribution in [0.25, 0.3) is 0 Å². The number of rotatable bonds is 3. The maximum Gasteiger partial charge on any atom is 0.419 e. The van der Waals surface area contributed by atoms with Crippen molar-refractivity contribution < 1.29 is 9.53 Å². The molecule has 1 heterocycles. The summed E-state index contributed by atoms with van der Waals surface area (Å²) in [6.45, 7) is 2.11. The number of hydrogen-bond donors (Lipinski definition) is 0. The van der Waals surface area contributed by atoms with E-state index < -0.39 is 6.09 Å². The van der Waals surface area contributed by atoms with Gasteiger partial charge < -0.3 is 4.74 Å². The number of thiophene rings is 1. The average Bonchev–Trinajstić information content (AvgIpc) is 2.83. The van der Waals surface area contributed by atoms with Gasteiger partial charge in [-0.2, -0.15) is 0 Å². The first kappa shape index (κ1) is 12.9. The number of nitrogens with zero attached hydrogens (tertiary/aromatic N) is 1. The molecule has 0 unspecified atom stereocenters. The van der Waals surface area contributed by atoms with Crippen LogP contribution in [0.1, 0.15) is 6.92 Å². The van der Waals surface area contributed by atoms with Crippen molar-refractivity contribution in [3.63, 3.8) is 0 Å². The van der Waals surface area contributed by atoms with Gasteiger partial charge in [0.15, 0.2) is 0 Å². The Morgan fingerprint density at radius 2 is 2.22 bits per heavy atom. The first-order valence-electron chi connectivity index (χ1n) is 5.48. The second-order valence-electron chi connectivity index (χ2n) is 3.47. The lowest BCUT2D eigenvalue weighted by Gasteiger charge is -2.20. The van der Waals surface area contributed by atoms with E-state index in [1.54, 1.807) is 25.1 Å². The van der Waals surface area contributed by atoms with Crippen molar-refractivity contribution in [1.82, 2.24) is 0 Å². The molecule has 0 atom stereocenters. The standard InChI is InChI=1S/C13H12ClNO2S/c1-2-17-13(16)15(12-7-4-8-18-12)11-6-3-5-10(14)9-11/h3-9H,2H2,1H3. The summed E-state index contributed by atoms with van der Waals surface area (Å²) in [5.74, 6) is 0. The highest BCUT2D eigenvalue weighted by atomic mass is 35.5. The molecule has 1 aromatic heterocycles. The van der Waals surface area contributed by atoms with Gasteiger partial charge >= 0.3 is 6.09 Å². The van der Waals surface area contributed by atoms with Crippen LogP contribution in [-0.2, 0) is 4.74 Å². The zero-order valence-corrected chi connectivity index (χ0v) is 11.4. The lowest BCUT2D eigenvalue weighted by atomic mass is 10.3. The Bertz CT molecular complexity index is 528. The van der Waals surface area contributed by atoms with Gasteiger partial charge in [0.05, 0.1) is 12.3 Å². The maximum absolute atomic E-state index is 12.0. The van der Waals surface area contributed by atoms with Crippen LogP contribution in [0, 0.1) is 0 Å². The molecule has 2 aromatic rings. The predicted octanol–water partition coefficient (Wildman–Crippen LogP) is 4.70. The molecule has 0 saturated heterocycles. The molecule has 18 heavy (non-hydrogen) atoms. The number of amides is 1. The number of benzene rings is 1. The molecule has 0 radical (unpaired) electrons. The first-order valence-corrected chi connectivity index (χ1v) is 6.74. The summed E-state index contributed by atoms with van der Waals surface area (Å²) in [5, 5.41) is 3.29. The number of anilines is 2. The minimum absolute atomic E-state index is 0.335. The van der Waals surface area contributed by atoms with E-state index in [2.05, 4.69) is 0 Å². The van der Waals surface area contributed by atoms with Gasteiger partial charge in [0.2, 0.25) is 0 Å². The van der Waals surface area contributed by atoms with Crippen LogP contribution in [0.2, 0.25) is 5.02 Å². The third kappa shape index (κ3) is 2.83. The van der Waals surface area contributed by atoms with Gasteiger partial charge in [-0.25, -0.2) is 9.69 Å². The molecule has 0 saturated carbocycles. The number of carbonyl (C=O) groups excluding carboxylic acids is 1. The molecule has 1 amide bonds. The van der Waals surface area contributed by atoms with Crippen LogP contribution in [0.5, 0.6) is 0 Å². The van der Waals surface area contributed by atoms with Gasteiger partial charge in [-0.3, -0.25) is 0 Å². The molecular formula is C13H12ClNO2S. The molecule has 0 spiro atoms. The van der Waals surface area contributed by atoms with Gasteiger partial charge in [-0.05, 0) is 42.6 Å². The van der Waals surface area contributed by atoms with E-state index in [0.29, 0.717) is 17.3 Å². The highest BCUT2D eigenvalue weighted by Crippen LogP contribution is 2.31. The van der Waals surface area contributed by atoms with Crippen LogP contribution in [0.15, 0.2) is 41.8 Å². The number of hydrogen-bond acceptors (Lipinski definition) is 3. The Hall–Kier alpha value is -1.52. The molecule has 2 rings (SSSR count). The van der Waals surface area contributed by atoms with Crippen LogP contribution in [-0.4, -0.2) is 12.7 Å². The molecule has 0 aliphatic carbocycles. The van der Waals surface area contributed by atoms with E-state index in [1.165, 1.54) is 16.2 Å². The number of halogens is 1. The van der Waals surface area contributed by atoms with Crippen LogP contribution in [0.3, 0.4) is 0 Å². The van der Waals surface area contributed by atoms with Crippen LogP contribution >= 0.6 is 22.9 Å². The summed E-state index contributed by atoms with van der Waals surface area (Å²) in [4.78, 5) is 13.5. The first-order chi connectivity index (χ1) is 8.72. The van der Waals surface area contributed by atoms with Gasteiger partial charge in [-0.1, -0.05) is 17.7 Å². The Labute approximate surface area is 115 Å². The molecule has 0 N–H and O–H groups in total. The quantitative estimate of drug-likeness (QED) is 0.816. The monoisotopic (exact) mass is 281 g/mol. The van der Waals surface area contributed by atoms with Crippen molar-refractivity contribution in [1.29, 1.82) is 0 Å². The van der Waals surface area contributed by atoms with E-state index in [0.717, 1.165) is 5.00 Å². The summed E-state index contributed by atoms with van der Waals surface area (Å²) in [5.41, 5.74) is 0.698. The molecule has 0 aliphatic heterocycles. The number of ether oxygens (including phenoxy) is 1. The molecular weight excluding hydrogens is 270 g/mol. The SMILES string of the molecule is CCOC(=O)N(c1cccc(Cl)c1)c1cccs1. The minimum Gasteiger partial charge on any atom is -0.449 e. The summed E-state index contributed by atoms with van der Waals surface area (Å²) in [6, 6.07) is 10.9. The van der Waals surface area contributed by atoms with Crippen molar-refractivity contribution in [3.05, 3.63) is 46.8 Å². The normalized spacial score (nSPS) is 10.1. The van der Waals surface area contributed by atoms with Crippen LogP contribution < -0.4 is 4.90 Å². The molecule has 3 nitrogen and oxygen atoms in total. The summed E-state index contributed by atoms with van der Waals surface area (Å²) < 4.78 is 5.07. The van der Waals surface area contributed by atoms with Crippen molar-refractivity contribution in [2.75, 3.05) is 11.5 Å². The molecule has 0 bridgehead atoms. The zero-order chi connectivity index (χ0) is 13.0. The highest BCUT2D eigenvalue weighted by Gasteiger charge is 2.20. The molecule has 5 heteroatoms. The molecule has 94 valence electrons. The average molecular weight is 282 g/mol. The summed E-state index contributed by atoms with van der Waals surface area (Å²) in [7, 11) is 0. The van der Waals surface area contributed by atoms with Crippen LogP contribution in [0.4, 0.5) is 15.5 Å². The molecule has 0 fully saturated rings. The summed E-state index contributed by atoms with van der Waals surface area (Å²) in [6.07, 6.45) is -0.401. The minimum atomic E-state index is -0.401. The fraction of sp³-hybridized carbons (Fsp3) is 0.154. The largest absolute Gasteiger partial charge is 0.449 e. The molecule has 0 aliphatic rings. The molecule has 1 aromatic carbocycles. The van der Waals surface area contributed by atoms with Crippen molar-refractivity contribution >= 4 is 39.7 Å². The maximum atomic E-state index is 12.0. The lowest BCUT2D eigenvalue weighted by Crippen LogP contribution is -2.25. The zero-order valence-electron chi connectivity index (χ0n) is 9.80. The third-order valence-corrected chi connectivity index (χ3v) is 3.33. The van der Waals surface area contributed by atoms with E-state index in [-0.39, 0.29) is 0 Å². The fourth-order valence-corrected chi connectivity index (χ4v) is 2.45. The van der Waals surface area contributed by atoms with E-state index in [1.807, 2.05) is 23.6 Å². The topological polar surface area (TPSA) is 29.5 Å². The van der Waals surface area contributed by atoms with E-state index in [4.69, 9.17) is 16.3 Å². The van der Waals surface area contributed by atoms with Crippen molar-refractivity contribution in [2.24, 2.45) is 0 Å². The Morgan fingerprint density at radius 3 is 2.83 bits per heavy atom. The second kappa shape index (κ2) is 5.89. The summed E-state index contributed by atoms with van der Waals surface area (Å²) >= 11 is 7.42. The Balaban J connectivity index is 2.39. The smallest absolute Gasteiger partial charge is 0.419 e. The second-order valence-corrected chi connectivity index (χ2v) is 4.83. The third-order valence-electron chi connectivity index (χ3n) is 2.24. The highest BCUT2D eigenvalue weighted by molar-refractivity contribution is 7.14. The predicted molar refractivity (Wildman–Crippen MR) is 74.9 cm³/mol. The Morgan fingerprint density at radius 1 is 1.39 bits per heavy atom. The van der Waals surface area contributed by atoms with Crippen molar-refractivity contribution in [2.45, 2.75) is 6.92 Å². The van der Waals surface area contributed by atoms with Gasteiger partial charge in [0.1, 0.15) is 5.00 Å². The van der Waals surface area contributed by atoms with Gasteiger partial charge in [0.25, 0.3) is 0 Å². The Kier molecular flexibility index (Phi) is 4.23.